The Morgan fingerprint density at radius 3 is 2.37 bits per heavy atom. The number of rotatable bonds is 5. The van der Waals surface area contributed by atoms with Crippen LogP contribution in [-0.2, 0) is 0 Å². The van der Waals surface area contributed by atoms with E-state index in [0.29, 0.717) is 12.1 Å². The van der Waals surface area contributed by atoms with Gasteiger partial charge in [0.05, 0.1) is 11.2 Å². The first kappa shape index (κ1) is 14.6. The maximum Gasteiger partial charge on any atom is 0.0798 e. The highest BCUT2D eigenvalue weighted by molar-refractivity contribution is 7.98. The molecule has 19 heavy (non-hydrogen) atoms. The van der Waals surface area contributed by atoms with Crippen molar-refractivity contribution in [3.63, 3.8) is 0 Å². The Morgan fingerprint density at radius 1 is 1.16 bits per heavy atom. The summed E-state index contributed by atoms with van der Waals surface area (Å²) in [5.74, 6) is 0. The molecule has 2 rings (SSSR count). The number of thioether (sulfide) groups is 1. The summed E-state index contributed by atoms with van der Waals surface area (Å²) in [4.78, 5) is 6.95. The van der Waals surface area contributed by atoms with Crippen LogP contribution < -0.4 is 5.32 Å². The molecule has 1 heterocycles. The van der Waals surface area contributed by atoms with Crippen molar-refractivity contribution >= 4 is 23.1 Å². The smallest absolute Gasteiger partial charge is 0.0798 e. The molecule has 2 aromatic rings. The molecular formula is C15H20N2S2. The fraction of sp³-hybridized carbons (Fsp3) is 0.400. The van der Waals surface area contributed by atoms with Gasteiger partial charge in [0.2, 0.25) is 0 Å². The quantitative estimate of drug-likeness (QED) is 0.816. The molecule has 1 aromatic carbocycles. The van der Waals surface area contributed by atoms with E-state index >= 15 is 0 Å². The van der Waals surface area contributed by atoms with Gasteiger partial charge in [-0.15, -0.1) is 23.1 Å². The highest BCUT2D eigenvalue weighted by Gasteiger charge is 2.14. The van der Waals surface area contributed by atoms with Crippen molar-refractivity contribution in [3.8, 4) is 0 Å². The Hall–Kier alpha value is -0.840. The third kappa shape index (κ3) is 3.59. The minimum absolute atomic E-state index is 0.336. The largest absolute Gasteiger partial charge is 0.303 e. The van der Waals surface area contributed by atoms with Crippen molar-refractivity contribution in [1.82, 2.24) is 10.3 Å². The molecule has 4 heteroatoms. The van der Waals surface area contributed by atoms with Gasteiger partial charge in [0, 0.05) is 21.9 Å². The molecule has 2 nitrogen and oxygen atoms in total. The van der Waals surface area contributed by atoms with E-state index in [0.717, 1.165) is 5.69 Å². The molecule has 1 N–H and O–H groups in total. The number of aromatic nitrogens is 1. The van der Waals surface area contributed by atoms with Gasteiger partial charge >= 0.3 is 0 Å². The number of hydrogen-bond donors (Lipinski definition) is 1. The molecular weight excluding hydrogens is 272 g/mol. The van der Waals surface area contributed by atoms with Gasteiger partial charge in [0.15, 0.2) is 0 Å². The first-order chi connectivity index (χ1) is 9.11. The van der Waals surface area contributed by atoms with Gasteiger partial charge in [-0.2, -0.15) is 0 Å². The summed E-state index contributed by atoms with van der Waals surface area (Å²) in [6.07, 6.45) is 2.10. The van der Waals surface area contributed by atoms with Crippen LogP contribution >= 0.6 is 23.1 Å². The molecule has 0 aliphatic rings. The minimum Gasteiger partial charge on any atom is -0.303 e. The first-order valence-electron chi connectivity index (χ1n) is 6.41. The number of aryl methyl sites for hydroxylation is 1. The molecule has 0 radical (unpaired) electrons. The van der Waals surface area contributed by atoms with Crippen LogP contribution in [-0.4, -0.2) is 11.2 Å². The molecule has 0 amide bonds. The molecule has 0 saturated heterocycles. The Morgan fingerprint density at radius 2 is 1.84 bits per heavy atom. The van der Waals surface area contributed by atoms with E-state index < -0.39 is 0 Å². The average molecular weight is 292 g/mol. The van der Waals surface area contributed by atoms with Crippen LogP contribution in [0.2, 0.25) is 0 Å². The number of thiazole rings is 1. The lowest BCUT2D eigenvalue weighted by atomic mass is 10.1. The fourth-order valence-corrected chi connectivity index (χ4v) is 3.39. The highest BCUT2D eigenvalue weighted by Crippen LogP contribution is 2.25. The maximum absolute atomic E-state index is 4.32. The summed E-state index contributed by atoms with van der Waals surface area (Å²) in [5.41, 5.74) is 4.38. The normalized spacial score (nSPS) is 14.3. The second-order valence-corrected chi connectivity index (χ2v) is 6.45. The van der Waals surface area contributed by atoms with Crippen LogP contribution in [0, 0.1) is 6.92 Å². The molecule has 0 aliphatic carbocycles. The fourth-order valence-electron chi connectivity index (χ4n) is 2.17. The van der Waals surface area contributed by atoms with Gasteiger partial charge in [0.25, 0.3) is 0 Å². The Balaban J connectivity index is 2.04. The molecule has 2 unspecified atom stereocenters. The number of benzene rings is 1. The first-order valence-corrected chi connectivity index (χ1v) is 8.52. The van der Waals surface area contributed by atoms with E-state index in [-0.39, 0.29) is 0 Å². The van der Waals surface area contributed by atoms with Gasteiger partial charge in [-0.1, -0.05) is 12.1 Å². The Labute approximate surface area is 123 Å². The van der Waals surface area contributed by atoms with Crippen molar-refractivity contribution in [1.29, 1.82) is 0 Å². The van der Waals surface area contributed by atoms with Crippen molar-refractivity contribution < 1.29 is 0 Å². The summed E-state index contributed by atoms with van der Waals surface area (Å²) in [6, 6.07) is 9.45. The van der Waals surface area contributed by atoms with E-state index in [1.165, 1.54) is 15.3 Å². The van der Waals surface area contributed by atoms with E-state index in [9.17, 15) is 0 Å². The zero-order valence-electron chi connectivity index (χ0n) is 11.8. The van der Waals surface area contributed by atoms with E-state index in [2.05, 4.69) is 61.6 Å². The Bertz CT molecular complexity index is 519. The van der Waals surface area contributed by atoms with Crippen LogP contribution in [0.4, 0.5) is 0 Å². The number of nitrogens with one attached hydrogen (secondary N) is 1. The van der Waals surface area contributed by atoms with E-state index in [4.69, 9.17) is 0 Å². The summed E-state index contributed by atoms with van der Waals surface area (Å²) in [7, 11) is 0. The standard InChI is InChI=1S/C15H20N2S2/c1-10(13-5-7-14(18-4)8-6-13)17-12(3)15-11(2)16-9-19-15/h5-10,12,17H,1-4H3. The van der Waals surface area contributed by atoms with Gasteiger partial charge < -0.3 is 5.32 Å². The third-order valence-corrected chi connectivity index (χ3v) is 5.15. The van der Waals surface area contributed by atoms with E-state index in [1.54, 1.807) is 23.1 Å². The summed E-state index contributed by atoms with van der Waals surface area (Å²) in [6.45, 7) is 6.48. The van der Waals surface area contributed by atoms with Crippen LogP contribution in [0.15, 0.2) is 34.7 Å². The lowest BCUT2D eigenvalue weighted by Gasteiger charge is -2.20. The molecule has 0 spiro atoms. The van der Waals surface area contributed by atoms with Gasteiger partial charge in [-0.25, -0.2) is 4.98 Å². The molecule has 2 atom stereocenters. The van der Waals surface area contributed by atoms with Crippen molar-refractivity contribution in [2.24, 2.45) is 0 Å². The SMILES string of the molecule is CSc1ccc(C(C)NC(C)c2scnc2C)cc1. The zero-order valence-corrected chi connectivity index (χ0v) is 13.4. The lowest BCUT2D eigenvalue weighted by molar-refractivity contribution is 0.498. The maximum atomic E-state index is 4.32. The average Bonchev–Trinajstić information content (AvgIpc) is 2.85. The zero-order chi connectivity index (χ0) is 13.8. The van der Waals surface area contributed by atoms with Crippen molar-refractivity contribution in [2.45, 2.75) is 37.8 Å². The summed E-state index contributed by atoms with van der Waals surface area (Å²) < 4.78 is 0. The highest BCUT2D eigenvalue weighted by atomic mass is 32.2. The predicted octanol–water partition coefficient (Wildman–Crippen LogP) is 4.59. The van der Waals surface area contributed by atoms with Crippen LogP contribution in [0.25, 0.3) is 0 Å². The second kappa shape index (κ2) is 6.55. The van der Waals surface area contributed by atoms with Gasteiger partial charge in [-0.05, 0) is 44.7 Å². The van der Waals surface area contributed by atoms with Crippen molar-refractivity contribution in [3.05, 3.63) is 45.9 Å². The Kier molecular flexibility index (Phi) is 5.02. The third-order valence-electron chi connectivity index (χ3n) is 3.29. The van der Waals surface area contributed by atoms with Crippen LogP contribution in [0.3, 0.4) is 0 Å². The number of hydrogen-bond acceptors (Lipinski definition) is 4. The molecule has 0 bridgehead atoms. The van der Waals surface area contributed by atoms with Crippen LogP contribution in [0.1, 0.15) is 42.1 Å². The summed E-state index contributed by atoms with van der Waals surface area (Å²) >= 11 is 3.50. The predicted molar refractivity (Wildman–Crippen MR) is 85.0 cm³/mol. The second-order valence-electron chi connectivity index (χ2n) is 4.69. The monoisotopic (exact) mass is 292 g/mol. The lowest BCUT2D eigenvalue weighted by Crippen LogP contribution is -2.22. The molecule has 1 aromatic heterocycles. The molecule has 0 saturated carbocycles. The van der Waals surface area contributed by atoms with E-state index in [1.807, 2.05) is 5.51 Å². The van der Waals surface area contributed by atoms with Gasteiger partial charge in [0.1, 0.15) is 0 Å². The summed E-state index contributed by atoms with van der Waals surface area (Å²) in [5, 5.41) is 3.64. The number of nitrogens with zero attached hydrogens (tertiary/aromatic N) is 1. The van der Waals surface area contributed by atoms with Crippen molar-refractivity contribution in [2.75, 3.05) is 6.26 Å². The van der Waals surface area contributed by atoms with Crippen LogP contribution in [0.5, 0.6) is 0 Å². The topological polar surface area (TPSA) is 24.9 Å². The molecule has 102 valence electrons. The molecule has 0 fully saturated rings. The minimum atomic E-state index is 0.336. The van der Waals surface area contributed by atoms with Gasteiger partial charge in [-0.3, -0.25) is 0 Å². The molecule has 0 aliphatic heterocycles.